The minimum atomic E-state index is -4.54. The van der Waals surface area contributed by atoms with Gasteiger partial charge < -0.3 is 20.0 Å². The Balaban J connectivity index is 1.73. The Morgan fingerprint density at radius 2 is 1.83 bits per heavy atom. The third kappa shape index (κ3) is 5.63. The fourth-order valence-corrected chi connectivity index (χ4v) is 3.84. The molecular formula is C26H23F3N2O4. The summed E-state index contributed by atoms with van der Waals surface area (Å²) in [6.07, 6.45) is -4.42. The van der Waals surface area contributed by atoms with Crippen LogP contribution in [-0.4, -0.2) is 34.9 Å². The summed E-state index contributed by atoms with van der Waals surface area (Å²) in [7, 11) is 0. The van der Waals surface area contributed by atoms with Crippen molar-refractivity contribution in [2.75, 3.05) is 6.61 Å². The van der Waals surface area contributed by atoms with E-state index in [-0.39, 0.29) is 24.2 Å². The summed E-state index contributed by atoms with van der Waals surface area (Å²) in [6.45, 7) is 0.457. The van der Waals surface area contributed by atoms with Gasteiger partial charge in [0.15, 0.2) is 12.2 Å². The van der Waals surface area contributed by atoms with Crippen LogP contribution >= 0.6 is 0 Å². The number of nitrogens with zero attached hydrogens (tertiary/aromatic N) is 1. The normalized spacial score (nSPS) is 12.6. The summed E-state index contributed by atoms with van der Waals surface area (Å²) in [6, 6.07) is 17.3. The highest BCUT2D eigenvalue weighted by molar-refractivity contribution is 5.82. The number of halogens is 3. The average molecular weight is 484 g/mol. The molecule has 0 fully saturated rings. The summed E-state index contributed by atoms with van der Waals surface area (Å²) in [5.74, 6) is -0.928. The molecule has 0 aliphatic heterocycles. The second-order valence-corrected chi connectivity index (χ2v) is 8.18. The first-order valence-electron chi connectivity index (χ1n) is 10.9. The molecule has 9 heteroatoms. The molecule has 0 amide bonds. The number of aromatic nitrogens is 1. The first-order chi connectivity index (χ1) is 16.6. The fraction of sp³-hybridized carbons (Fsp3) is 0.231. The van der Waals surface area contributed by atoms with Crippen molar-refractivity contribution in [1.29, 1.82) is 0 Å². The molecule has 6 nitrogen and oxygen atoms in total. The molecule has 0 radical (unpaired) electrons. The van der Waals surface area contributed by atoms with Crippen LogP contribution in [0.3, 0.4) is 0 Å². The molecule has 1 aromatic heterocycles. The summed E-state index contributed by atoms with van der Waals surface area (Å²) in [5.41, 5.74) is 10.3. The van der Waals surface area contributed by atoms with E-state index in [1.807, 2.05) is 55.5 Å². The lowest BCUT2D eigenvalue weighted by atomic mass is 9.96. The maximum absolute atomic E-state index is 12.8. The maximum atomic E-state index is 12.8. The van der Waals surface area contributed by atoms with Gasteiger partial charge in [-0.05, 0) is 54.2 Å². The van der Waals surface area contributed by atoms with Gasteiger partial charge in [0, 0.05) is 11.6 Å². The van der Waals surface area contributed by atoms with Crippen LogP contribution < -0.4 is 10.5 Å². The smallest absolute Gasteiger partial charge is 0.422 e. The molecule has 0 saturated carbocycles. The maximum Gasteiger partial charge on any atom is 0.422 e. The number of alkyl halides is 3. The van der Waals surface area contributed by atoms with E-state index in [0.29, 0.717) is 17.0 Å². The minimum Gasteiger partial charge on any atom is -0.484 e. The summed E-state index contributed by atoms with van der Waals surface area (Å²) < 4.78 is 49.3. The molecule has 4 aromatic rings. The standard InChI is InChI=1S/C26H23F3N2O4/c1-15-18(16-6-3-2-4-7-16)8-5-9-19(15)24-31-21-12-17(10-11-20(30)25(32)33)22(13-23(21)35-24)34-14-26(27,28)29/h2-9,12-13,20H,10-11,14,30H2,1H3,(H,32,33)/t20-/m0/s1. The Labute approximate surface area is 199 Å². The van der Waals surface area contributed by atoms with Gasteiger partial charge in [-0.3, -0.25) is 4.79 Å². The van der Waals surface area contributed by atoms with Crippen LogP contribution in [-0.2, 0) is 11.2 Å². The molecule has 3 N–H and O–H groups in total. The molecule has 0 spiro atoms. The number of fused-ring (bicyclic) bond motifs is 1. The number of carbonyl (C=O) groups is 1. The van der Waals surface area contributed by atoms with Crippen molar-refractivity contribution in [3.8, 4) is 28.3 Å². The van der Waals surface area contributed by atoms with Gasteiger partial charge in [0.05, 0.1) is 0 Å². The predicted molar refractivity (Wildman–Crippen MR) is 125 cm³/mol. The van der Waals surface area contributed by atoms with Crippen molar-refractivity contribution >= 4 is 17.1 Å². The van der Waals surface area contributed by atoms with Gasteiger partial charge in [-0.1, -0.05) is 42.5 Å². The second kappa shape index (κ2) is 9.79. The highest BCUT2D eigenvalue weighted by Crippen LogP contribution is 2.35. The van der Waals surface area contributed by atoms with Crippen LogP contribution in [0.4, 0.5) is 13.2 Å². The first kappa shape index (κ1) is 24.3. The summed E-state index contributed by atoms with van der Waals surface area (Å²) in [5, 5.41) is 9.04. The van der Waals surface area contributed by atoms with Crippen molar-refractivity contribution in [3.05, 3.63) is 71.8 Å². The van der Waals surface area contributed by atoms with E-state index in [1.54, 1.807) is 6.07 Å². The van der Waals surface area contributed by atoms with Crippen molar-refractivity contribution < 1.29 is 32.2 Å². The number of carboxylic acids is 1. The molecule has 182 valence electrons. The van der Waals surface area contributed by atoms with Gasteiger partial charge >= 0.3 is 12.1 Å². The molecule has 35 heavy (non-hydrogen) atoms. The van der Waals surface area contributed by atoms with E-state index in [0.717, 1.165) is 22.3 Å². The molecule has 0 aliphatic rings. The summed E-state index contributed by atoms with van der Waals surface area (Å²) in [4.78, 5) is 15.6. The Bertz CT molecular complexity index is 1350. The molecule has 4 rings (SSSR count). The Kier molecular flexibility index (Phi) is 6.79. The monoisotopic (exact) mass is 484 g/mol. The first-order valence-corrected chi connectivity index (χ1v) is 10.9. The van der Waals surface area contributed by atoms with E-state index in [2.05, 4.69) is 4.98 Å². The van der Waals surface area contributed by atoms with Gasteiger partial charge in [-0.15, -0.1) is 0 Å². The van der Waals surface area contributed by atoms with Crippen LogP contribution in [0.15, 0.2) is 65.1 Å². The number of rotatable bonds is 8. The molecule has 1 heterocycles. The number of nitrogens with two attached hydrogens (primary N) is 1. The van der Waals surface area contributed by atoms with Crippen molar-refractivity contribution in [2.45, 2.75) is 32.0 Å². The molecule has 0 unspecified atom stereocenters. The van der Waals surface area contributed by atoms with Gasteiger partial charge in [-0.2, -0.15) is 13.2 Å². The van der Waals surface area contributed by atoms with Crippen LogP contribution in [0.2, 0.25) is 0 Å². The Morgan fingerprint density at radius 1 is 1.11 bits per heavy atom. The van der Waals surface area contributed by atoms with Gasteiger partial charge in [0.25, 0.3) is 0 Å². The quantitative estimate of drug-likeness (QED) is 0.330. The zero-order chi connectivity index (χ0) is 25.2. The lowest BCUT2D eigenvalue weighted by Gasteiger charge is -2.14. The van der Waals surface area contributed by atoms with Crippen molar-refractivity contribution in [2.24, 2.45) is 5.73 Å². The van der Waals surface area contributed by atoms with E-state index in [9.17, 15) is 18.0 Å². The molecule has 3 aromatic carbocycles. The van der Waals surface area contributed by atoms with E-state index < -0.39 is 24.8 Å². The van der Waals surface area contributed by atoms with Crippen LogP contribution in [0.1, 0.15) is 17.5 Å². The van der Waals surface area contributed by atoms with Crippen LogP contribution in [0.25, 0.3) is 33.7 Å². The predicted octanol–water partition coefficient (Wildman–Crippen LogP) is 5.76. The second-order valence-electron chi connectivity index (χ2n) is 8.18. The fourth-order valence-electron chi connectivity index (χ4n) is 3.84. The Hall–Kier alpha value is -3.85. The van der Waals surface area contributed by atoms with Crippen molar-refractivity contribution in [3.63, 3.8) is 0 Å². The zero-order valence-corrected chi connectivity index (χ0v) is 18.8. The highest BCUT2D eigenvalue weighted by Gasteiger charge is 2.29. The number of benzene rings is 3. The molecule has 1 atom stereocenters. The molecular weight excluding hydrogens is 461 g/mol. The third-order valence-electron chi connectivity index (χ3n) is 5.65. The number of aryl methyl sites for hydroxylation is 1. The van der Waals surface area contributed by atoms with Gasteiger partial charge in [0.1, 0.15) is 17.3 Å². The molecule has 0 saturated heterocycles. The number of ether oxygens (including phenoxy) is 1. The largest absolute Gasteiger partial charge is 0.484 e. The minimum absolute atomic E-state index is 0.0200. The van der Waals surface area contributed by atoms with Crippen molar-refractivity contribution in [1.82, 2.24) is 4.98 Å². The third-order valence-corrected chi connectivity index (χ3v) is 5.65. The number of hydrogen-bond donors (Lipinski definition) is 2. The topological polar surface area (TPSA) is 98.6 Å². The lowest BCUT2D eigenvalue weighted by Crippen LogP contribution is -2.30. The number of carboxylic acid groups (broad SMARTS) is 1. The Morgan fingerprint density at radius 3 is 2.51 bits per heavy atom. The molecule has 0 aliphatic carbocycles. The van der Waals surface area contributed by atoms with E-state index >= 15 is 0 Å². The number of aliphatic carboxylic acids is 1. The zero-order valence-electron chi connectivity index (χ0n) is 18.8. The van der Waals surface area contributed by atoms with E-state index in [1.165, 1.54) is 6.07 Å². The molecule has 0 bridgehead atoms. The number of hydrogen-bond acceptors (Lipinski definition) is 5. The van der Waals surface area contributed by atoms with Gasteiger partial charge in [0.2, 0.25) is 5.89 Å². The lowest BCUT2D eigenvalue weighted by molar-refractivity contribution is -0.153. The van der Waals surface area contributed by atoms with E-state index in [4.69, 9.17) is 20.0 Å². The van der Waals surface area contributed by atoms with Crippen LogP contribution in [0.5, 0.6) is 5.75 Å². The number of oxazole rings is 1. The summed E-state index contributed by atoms with van der Waals surface area (Å²) >= 11 is 0. The van der Waals surface area contributed by atoms with Gasteiger partial charge in [-0.25, -0.2) is 4.98 Å². The average Bonchev–Trinajstić information content (AvgIpc) is 3.23. The van der Waals surface area contributed by atoms with Crippen LogP contribution in [0, 0.1) is 6.92 Å². The SMILES string of the molecule is Cc1c(-c2ccccc2)cccc1-c1nc2cc(CC[C@H](N)C(=O)O)c(OCC(F)(F)F)cc2o1. The highest BCUT2D eigenvalue weighted by atomic mass is 19.4.